The lowest BCUT2D eigenvalue weighted by molar-refractivity contribution is 1.10. The molecule has 0 saturated carbocycles. The van der Waals surface area contributed by atoms with Crippen molar-refractivity contribution in [3.05, 3.63) is 65.4 Å². The van der Waals surface area contributed by atoms with E-state index >= 15 is 0 Å². The lowest BCUT2D eigenvalue weighted by Gasteiger charge is -2.03. The second-order valence-electron chi connectivity index (χ2n) is 4.99. The van der Waals surface area contributed by atoms with Gasteiger partial charge in [-0.3, -0.25) is 9.59 Å². The van der Waals surface area contributed by atoms with E-state index in [1.807, 2.05) is 6.07 Å². The van der Waals surface area contributed by atoms with Crippen LogP contribution in [-0.4, -0.2) is 9.97 Å². The summed E-state index contributed by atoms with van der Waals surface area (Å²) in [5.41, 5.74) is 2.79. The minimum absolute atomic E-state index is 0.204. The number of rotatable bonds is 0. The van der Waals surface area contributed by atoms with Crippen LogP contribution in [-0.2, 0) is 0 Å². The molecular formula is C17H16ClN3O2. The smallest absolute Gasteiger partial charge is 0.266 e. The molecule has 0 fully saturated rings. The van der Waals surface area contributed by atoms with E-state index in [0.29, 0.717) is 21.8 Å². The Balaban J connectivity index is 0.000000231. The zero-order chi connectivity index (χ0) is 17.7. The highest BCUT2D eigenvalue weighted by Crippen LogP contribution is 2.17. The van der Waals surface area contributed by atoms with Gasteiger partial charge >= 0.3 is 0 Å². The first-order chi connectivity index (χ1) is 10.7. The summed E-state index contributed by atoms with van der Waals surface area (Å²) in [6.07, 6.45) is 5.14. The Morgan fingerprint density at radius 2 is 1.65 bits per heavy atom. The number of hydrogen-bond donors (Lipinski definition) is 2. The number of pyridine rings is 2. The molecule has 0 radical (unpaired) electrons. The van der Waals surface area contributed by atoms with Crippen molar-refractivity contribution in [2.24, 2.45) is 0 Å². The number of H-pyrrole nitrogens is 2. The van der Waals surface area contributed by atoms with Crippen molar-refractivity contribution in [1.82, 2.24) is 9.97 Å². The maximum Gasteiger partial charge on any atom is 0.266 e. The fourth-order valence-electron chi connectivity index (χ4n) is 2.02. The maximum atomic E-state index is 11.2. The molecule has 0 aliphatic rings. The molecule has 6 heteroatoms. The molecule has 23 heavy (non-hydrogen) atoms. The SMILES string of the molecule is C#Cc1c(C)c(Cl)c(C)[nH]c1=O.Cc1cc(C)c(C#N)c(=O)[nH]1. The third kappa shape index (κ3) is 4.12. The molecule has 0 atom stereocenters. The number of halogens is 1. The molecule has 0 saturated heterocycles. The second-order valence-corrected chi connectivity index (χ2v) is 5.37. The molecule has 0 unspecified atom stereocenters. The van der Waals surface area contributed by atoms with Crippen LogP contribution in [0, 0.1) is 51.4 Å². The Bertz CT molecular complexity index is 941. The van der Waals surface area contributed by atoms with Crippen molar-refractivity contribution in [3.8, 4) is 18.4 Å². The first-order valence-corrected chi connectivity index (χ1v) is 7.06. The minimum Gasteiger partial charge on any atom is -0.325 e. The van der Waals surface area contributed by atoms with E-state index in [1.165, 1.54) is 0 Å². The van der Waals surface area contributed by atoms with Crippen LogP contribution in [0.2, 0.25) is 5.02 Å². The predicted octanol–water partition coefficient (Wildman–Crippen LogP) is 2.49. The van der Waals surface area contributed by atoms with Crippen molar-refractivity contribution < 1.29 is 0 Å². The number of nitriles is 1. The van der Waals surface area contributed by atoms with Gasteiger partial charge in [0.2, 0.25) is 0 Å². The van der Waals surface area contributed by atoms with E-state index in [0.717, 1.165) is 11.3 Å². The average Bonchev–Trinajstić information content (AvgIpc) is 2.45. The molecule has 5 nitrogen and oxygen atoms in total. The monoisotopic (exact) mass is 329 g/mol. The van der Waals surface area contributed by atoms with Gasteiger partial charge in [-0.05, 0) is 44.9 Å². The van der Waals surface area contributed by atoms with Gasteiger partial charge in [0.1, 0.15) is 11.6 Å². The van der Waals surface area contributed by atoms with Gasteiger partial charge < -0.3 is 9.97 Å². The van der Waals surface area contributed by atoms with Crippen LogP contribution < -0.4 is 11.1 Å². The number of hydrogen-bond acceptors (Lipinski definition) is 3. The van der Waals surface area contributed by atoms with Crippen LogP contribution in [0.3, 0.4) is 0 Å². The number of nitrogens with one attached hydrogen (secondary N) is 2. The van der Waals surface area contributed by atoms with E-state index in [9.17, 15) is 9.59 Å². The number of aromatic amines is 2. The maximum absolute atomic E-state index is 11.2. The fourth-order valence-corrected chi connectivity index (χ4v) is 2.16. The summed E-state index contributed by atoms with van der Waals surface area (Å²) in [4.78, 5) is 27.3. The standard InChI is InChI=1S/C9H8ClNO.C8H8N2O/c1-4-7-5(2)8(10)6(3)11-9(7)12;1-5-3-6(2)10-8(11)7(5)4-9/h1H,2-3H3,(H,11,12);3H,1-2H3,(H,10,11). The molecule has 0 aliphatic heterocycles. The zero-order valence-electron chi connectivity index (χ0n) is 13.3. The second kappa shape index (κ2) is 7.49. The number of terminal acetylenes is 1. The van der Waals surface area contributed by atoms with E-state index in [4.69, 9.17) is 23.3 Å². The van der Waals surface area contributed by atoms with E-state index < -0.39 is 0 Å². The van der Waals surface area contributed by atoms with Crippen molar-refractivity contribution >= 4 is 11.6 Å². The topological polar surface area (TPSA) is 89.5 Å². The molecule has 0 spiro atoms. The van der Waals surface area contributed by atoms with Gasteiger partial charge in [-0.1, -0.05) is 17.5 Å². The lowest BCUT2D eigenvalue weighted by atomic mass is 10.1. The van der Waals surface area contributed by atoms with Crippen molar-refractivity contribution in [1.29, 1.82) is 5.26 Å². The molecule has 0 aromatic carbocycles. The minimum atomic E-state index is -0.301. The summed E-state index contributed by atoms with van der Waals surface area (Å²) >= 11 is 5.87. The Kier molecular flexibility index (Phi) is 5.95. The normalized spacial score (nSPS) is 9.35. The number of aromatic nitrogens is 2. The van der Waals surface area contributed by atoms with Crippen molar-refractivity contribution in [2.45, 2.75) is 27.7 Å². The molecular weight excluding hydrogens is 314 g/mol. The van der Waals surface area contributed by atoms with Gasteiger partial charge in [-0.25, -0.2) is 0 Å². The summed E-state index contributed by atoms with van der Waals surface area (Å²) in [5.74, 6) is 2.30. The highest BCUT2D eigenvalue weighted by molar-refractivity contribution is 6.32. The van der Waals surface area contributed by atoms with Gasteiger partial charge in [-0.2, -0.15) is 5.26 Å². The number of nitrogens with zero attached hydrogens (tertiary/aromatic N) is 1. The van der Waals surface area contributed by atoms with Gasteiger partial charge in [0.25, 0.3) is 11.1 Å². The highest BCUT2D eigenvalue weighted by Gasteiger charge is 2.07. The predicted molar refractivity (Wildman–Crippen MR) is 90.7 cm³/mol. The molecule has 0 aliphatic carbocycles. The van der Waals surface area contributed by atoms with Crippen molar-refractivity contribution in [2.75, 3.05) is 0 Å². The van der Waals surface area contributed by atoms with Crippen LogP contribution in [0.5, 0.6) is 0 Å². The summed E-state index contributed by atoms with van der Waals surface area (Å²) < 4.78 is 0. The van der Waals surface area contributed by atoms with Crippen LogP contribution in [0.25, 0.3) is 0 Å². The summed E-state index contributed by atoms with van der Waals surface area (Å²) in [6.45, 7) is 7.01. The third-order valence-corrected chi connectivity index (χ3v) is 3.75. The van der Waals surface area contributed by atoms with Crippen LogP contribution in [0.15, 0.2) is 15.7 Å². The van der Waals surface area contributed by atoms with E-state index in [-0.39, 0.29) is 16.7 Å². The molecule has 2 heterocycles. The summed E-state index contributed by atoms with van der Waals surface area (Å²) in [7, 11) is 0. The van der Waals surface area contributed by atoms with Crippen LogP contribution >= 0.6 is 11.6 Å². The van der Waals surface area contributed by atoms with E-state index in [2.05, 4.69) is 15.9 Å². The summed E-state index contributed by atoms with van der Waals surface area (Å²) in [6, 6.07) is 3.62. The van der Waals surface area contributed by atoms with Crippen molar-refractivity contribution in [3.63, 3.8) is 0 Å². The molecule has 0 bridgehead atoms. The summed E-state index contributed by atoms with van der Waals surface area (Å²) in [5, 5.41) is 9.05. The highest BCUT2D eigenvalue weighted by atomic mass is 35.5. The largest absolute Gasteiger partial charge is 0.325 e. The Hall–Kier alpha value is -2.76. The average molecular weight is 330 g/mol. The van der Waals surface area contributed by atoms with Crippen LogP contribution in [0.4, 0.5) is 0 Å². The Morgan fingerprint density at radius 3 is 2.13 bits per heavy atom. The molecule has 2 aromatic heterocycles. The quantitative estimate of drug-likeness (QED) is 0.728. The fraction of sp³-hybridized carbons (Fsp3) is 0.235. The van der Waals surface area contributed by atoms with Gasteiger partial charge in [-0.15, -0.1) is 6.42 Å². The van der Waals surface area contributed by atoms with Gasteiger partial charge in [0, 0.05) is 11.4 Å². The van der Waals surface area contributed by atoms with Gasteiger partial charge in [0.05, 0.1) is 10.6 Å². The molecule has 2 N–H and O–H groups in total. The molecule has 2 aromatic rings. The Morgan fingerprint density at radius 1 is 1.09 bits per heavy atom. The third-order valence-electron chi connectivity index (χ3n) is 3.18. The van der Waals surface area contributed by atoms with Gasteiger partial charge in [0.15, 0.2) is 0 Å². The first-order valence-electron chi connectivity index (χ1n) is 6.69. The number of aryl methyl sites for hydroxylation is 3. The van der Waals surface area contributed by atoms with E-state index in [1.54, 1.807) is 33.8 Å². The molecule has 2 rings (SSSR count). The zero-order valence-corrected chi connectivity index (χ0v) is 14.1. The molecule has 0 amide bonds. The first kappa shape index (κ1) is 18.3. The lowest BCUT2D eigenvalue weighted by Crippen LogP contribution is -2.13. The Labute approximate surface area is 139 Å². The van der Waals surface area contributed by atoms with Crippen LogP contribution in [0.1, 0.15) is 33.6 Å². The molecule has 118 valence electrons.